The average Bonchev–Trinajstić information content (AvgIpc) is 2.01. The van der Waals surface area contributed by atoms with Crippen LogP contribution >= 0.6 is 0 Å². The molecule has 0 aromatic rings. The average molecular weight is 175 g/mol. The van der Waals surface area contributed by atoms with E-state index in [0.29, 0.717) is 19.5 Å². The summed E-state index contributed by atoms with van der Waals surface area (Å²) in [5, 5.41) is 8.39. The van der Waals surface area contributed by atoms with Gasteiger partial charge in [0.25, 0.3) is 0 Å². The second-order valence-electron chi connectivity index (χ2n) is 3.18. The van der Waals surface area contributed by atoms with Crippen LogP contribution in [-0.4, -0.2) is 41.8 Å². The Morgan fingerprint density at radius 1 is 1.67 bits per heavy atom. The molecule has 1 aliphatic heterocycles. The number of carboxylic acid groups (broad SMARTS) is 1. The normalized spacial score (nSPS) is 25.6. The van der Waals surface area contributed by atoms with Gasteiger partial charge in [-0.15, -0.1) is 0 Å². The van der Waals surface area contributed by atoms with Crippen molar-refractivity contribution >= 4 is 5.97 Å². The molecule has 12 heavy (non-hydrogen) atoms. The largest absolute Gasteiger partial charge is 0.481 e. The van der Waals surface area contributed by atoms with Gasteiger partial charge in [-0.05, 0) is 19.4 Å². The first-order valence-corrected chi connectivity index (χ1v) is 4.26. The Hall–Kier alpha value is -0.640. The molecule has 70 valence electrons. The summed E-state index contributed by atoms with van der Waals surface area (Å²) in [6.07, 6.45) is 0.837. The maximum atomic E-state index is 12.8. The summed E-state index contributed by atoms with van der Waals surface area (Å²) in [6, 6.07) is 0. The van der Waals surface area contributed by atoms with Crippen LogP contribution in [0.4, 0.5) is 4.39 Å². The minimum absolute atomic E-state index is 0.118. The Kier molecular flexibility index (Phi) is 3.47. The summed E-state index contributed by atoms with van der Waals surface area (Å²) < 4.78 is 12.8. The summed E-state index contributed by atoms with van der Waals surface area (Å²) in [6.45, 7) is 1.73. The number of carbonyl (C=O) groups is 1. The Morgan fingerprint density at radius 3 is 3.00 bits per heavy atom. The Morgan fingerprint density at radius 2 is 2.42 bits per heavy atom. The van der Waals surface area contributed by atoms with Crippen LogP contribution in [0.2, 0.25) is 0 Å². The molecule has 0 spiro atoms. The summed E-state index contributed by atoms with van der Waals surface area (Å²) in [5.41, 5.74) is 0. The van der Waals surface area contributed by atoms with E-state index < -0.39 is 12.1 Å². The first-order chi connectivity index (χ1) is 5.68. The summed E-state index contributed by atoms with van der Waals surface area (Å²) in [4.78, 5) is 12.1. The maximum Gasteiger partial charge on any atom is 0.304 e. The zero-order chi connectivity index (χ0) is 8.97. The zero-order valence-corrected chi connectivity index (χ0v) is 7.00. The van der Waals surface area contributed by atoms with Crippen molar-refractivity contribution in [2.75, 3.05) is 19.6 Å². The molecule has 0 amide bonds. The molecule has 1 N–H and O–H groups in total. The van der Waals surface area contributed by atoms with Gasteiger partial charge in [0.2, 0.25) is 0 Å². The Balaban J connectivity index is 2.18. The number of carboxylic acids is 1. The van der Waals surface area contributed by atoms with Crippen LogP contribution in [0, 0.1) is 0 Å². The van der Waals surface area contributed by atoms with Crippen LogP contribution in [0.3, 0.4) is 0 Å². The third kappa shape index (κ3) is 3.17. The number of alkyl halides is 1. The van der Waals surface area contributed by atoms with Gasteiger partial charge in [-0.2, -0.15) is 0 Å². The van der Waals surface area contributed by atoms with E-state index in [1.54, 1.807) is 0 Å². The molecule has 4 heteroatoms. The number of halogens is 1. The lowest BCUT2D eigenvalue weighted by atomic mass is 10.1. The van der Waals surface area contributed by atoms with Gasteiger partial charge in [0.15, 0.2) is 0 Å². The fourth-order valence-corrected chi connectivity index (χ4v) is 1.46. The lowest BCUT2D eigenvalue weighted by molar-refractivity contribution is -0.137. The lowest BCUT2D eigenvalue weighted by Crippen LogP contribution is -2.37. The van der Waals surface area contributed by atoms with Crippen molar-refractivity contribution in [3.05, 3.63) is 0 Å². The molecule has 0 saturated carbocycles. The molecule has 0 radical (unpaired) electrons. The molecular weight excluding hydrogens is 161 g/mol. The quantitative estimate of drug-likeness (QED) is 0.692. The van der Waals surface area contributed by atoms with Gasteiger partial charge in [-0.25, -0.2) is 4.39 Å². The highest BCUT2D eigenvalue weighted by atomic mass is 19.1. The van der Waals surface area contributed by atoms with Crippen LogP contribution in [0.5, 0.6) is 0 Å². The second kappa shape index (κ2) is 4.40. The lowest BCUT2D eigenvalue weighted by Gasteiger charge is -2.28. The van der Waals surface area contributed by atoms with E-state index in [-0.39, 0.29) is 6.42 Å². The predicted octanol–water partition coefficient (Wildman–Crippen LogP) is 0.895. The summed E-state index contributed by atoms with van der Waals surface area (Å²) in [5.74, 6) is -0.809. The van der Waals surface area contributed by atoms with Crippen LogP contribution in [0.1, 0.15) is 19.3 Å². The standard InChI is InChI=1S/C8H14FNO2/c9-7-2-1-4-10(6-7)5-3-8(11)12/h7H,1-6H2,(H,11,12). The number of piperidine rings is 1. The van der Waals surface area contributed by atoms with E-state index in [4.69, 9.17) is 5.11 Å². The molecule has 1 aliphatic rings. The third-order valence-corrected chi connectivity index (χ3v) is 2.09. The highest BCUT2D eigenvalue weighted by Crippen LogP contribution is 2.12. The van der Waals surface area contributed by atoms with Gasteiger partial charge in [0.1, 0.15) is 6.17 Å². The first kappa shape index (κ1) is 9.45. The minimum atomic E-state index is -0.809. The van der Waals surface area contributed by atoms with Crippen molar-refractivity contribution in [3.8, 4) is 0 Å². The molecular formula is C8H14FNO2. The number of aliphatic carboxylic acids is 1. The zero-order valence-electron chi connectivity index (χ0n) is 7.00. The van der Waals surface area contributed by atoms with Gasteiger partial charge in [0.05, 0.1) is 6.42 Å². The van der Waals surface area contributed by atoms with E-state index in [9.17, 15) is 9.18 Å². The number of hydrogen-bond acceptors (Lipinski definition) is 2. The number of likely N-dealkylation sites (tertiary alicyclic amines) is 1. The number of hydrogen-bond donors (Lipinski definition) is 1. The van der Waals surface area contributed by atoms with Crippen LogP contribution < -0.4 is 0 Å². The topological polar surface area (TPSA) is 40.5 Å². The highest BCUT2D eigenvalue weighted by molar-refractivity contribution is 5.66. The van der Waals surface area contributed by atoms with Crippen molar-refractivity contribution in [1.82, 2.24) is 4.90 Å². The molecule has 0 aliphatic carbocycles. The molecule has 0 bridgehead atoms. The van der Waals surface area contributed by atoms with Gasteiger partial charge < -0.3 is 5.11 Å². The fourth-order valence-electron chi connectivity index (χ4n) is 1.46. The van der Waals surface area contributed by atoms with Gasteiger partial charge in [-0.1, -0.05) is 0 Å². The molecule has 1 heterocycles. The van der Waals surface area contributed by atoms with E-state index in [0.717, 1.165) is 13.0 Å². The first-order valence-electron chi connectivity index (χ1n) is 4.26. The van der Waals surface area contributed by atoms with Gasteiger partial charge in [0, 0.05) is 13.1 Å². The summed E-state index contributed by atoms with van der Waals surface area (Å²) >= 11 is 0. The molecule has 1 saturated heterocycles. The number of rotatable bonds is 3. The SMILES string of the molecule is O=C(O)CCN1CCCC(F)C1. The molecule has 1 atom stereocenters. The van der Waals surface area contributed by atoms with E-state index >= 15 is 0 Å². The van der Waals surface area contributed by atoms with Crippen molar-refractivity contribution in [2.24, 2.45) is 0 Å². The number of nitrogens with zero attached hydrogens (tertiary/aromatic N) is 1. The van der Waals surface area contributed by atoms with Crippen LogP contribution in [0.25, 0.3) is 0 Å². The minimum Gasteiger partial charge on any atom is -0.481 e. The van der Waals surface area contributed by atoms with Crippen molar-refractivity contribution in [1.29, 1.82) is 0 Å². The third-order valence-electron chi connectivity index (χ3n) is 2.09. The van der Waals surface area contributed by atoms with Crippen molar-refractivity contribution in [2.45, 2.75) is 25.4 Å². The van der Waals surface area contributed by atoms with Gasteiger partial charge >= 0.3 is 5.97 Å². The van der Waals surface area contributed by atoms with E-state index in [2.05, 4.69) is 0 Å². The molecule has 0 aromatic carbocycles. The van der Waals surface area contributed by atoms with Crippen molar-refractivity contribution in [3.63, 3.8) is 0 Å². The molecule has 1 unspecified atom stereocenters. The second-order valence-corrected chi connectivity index (χ2v) is 3.18. The van der Waals surface area contributed by atoms with E-state index in [1.807, 2.05) is 4.90 Å². The van der Waals surface area contributed by atoms with Crippen molar-refractivity contribution < 1.29 is 14.3 Å². The van der Waals surface area contributed by atoms with Crippen LogP contribution in [0.15, 0.2) is 0 Å². The summed E-state index contributed by atoms with van der Waals surface area (Å²) in [7, 11) is 0. The van der Waals surface area contributed by atoms with Crippen LogP contribution in [-0.2, 0) is 4.79 Å². The monoisotopic (exact) mass is 175 g/mol. The van der Waals surface area contributed by atoms with Gasteiger partial charge in [-0.3, -0.25) is 9.69 Å². The highest BCUT2D eigenvalue weighted by Gasteiger charge is 2.18. The smallest absolute Gasteiger partial charge is 0.304 e. The molecule has 0 aromatic heterocycles. The molecule has 1 rings (SSSR count). The fraction of sp³-hybridized carbons (Fsp3) is 0.875. The molecule has 3 nitrogen and oxygen atoms in total. The van der Waals surface area contributed by atoms with E-state index in [1.165, 1.54) is 0 Å². The predicted molar refractivity (Wildman–Crippen MR) is 42.8 cm³/mol. The Labute approximate surface area is 71.2 Å². The Bertz CT molecular complexity index is 163. The molecule has 1 fully saturated rings. The maximum absolute atomic E-state index is 12.8.